The predicted octanol–water partition coefficient (Wildman–Crippen LogP) is 3.10. The van der Waals surface area contributed by atoms with Crippen LogP contribution in [0.25, 0.3) is 0 Å². The van der Waals surface area contributed by atoms with E-state index in [9.17, 15) is 14.4 Å². The summed E-state index contributed by atoms with van der Waals surface area (Å²) in [4.78, 5) is 36.4. The van der Waals surface area contributed by atoms with Gasteiger partial charge in [-0.2, -0.15) is 5.10 Å². The molecule has 0 saturated carbocycles. The molecule has 186 valence electrons. The number of para-hydroxylation sites is 1. The van der Waals surface area contributed by atoms with Crippen molar-refractivity contribution in [1.82, 2.24) is 10.7 Å². The van der Waals surface area contributed by atoms with E-state index in [0.29, 0.717) is 29.3 Å². The first-order chi connectivity index (χ1) is 17.4. The lowest BCUT2D eigenvalue weighted by Gasteiger charge is -2.11. The van der Waals surface area contributed by atoms with Crippen LogP contribution in [-0.4, -0.2) is 37.7 Å². The third kappa shape index (κ3) is 7.42. The number of methoxy groups -OCH3 is 1. The second kappa shape index (κ2) is 12.7. The number of amides is 3. The number of carbonyl (C=O) groups is 3. The summed E-state index contributed by atoms with van der Waals surface area (Å²) in [7, 11) is 1.47. The first kappa shape index (κ1) is 26.0. The van der Waals surface area contributed by atoms with Gasteiger partial charge in [0.1, 0.15) is 0 Å². The Morgan fingerprint density at radius 1 is 0.889 bits per heavy atom. The second-order valence-electron chi connectivity index (χ2n) is 7.88. The Bertz CT molecular complexity index is 1240. The molecule has 0 heterocycles. The number of hydrazone groups is 1. The van der Waals surface area contributed by atoms with Gasteiger partial charge in [0.25, 0.3) is 5.91 Å². The monoisotopic (exact) mass is 488 g/mol. The summed E-state index contributed by atoms with van der Waals surface area (Å²) in [5.74, 6) is -1.23. The summed E-state index contributed by atoms with van der Waals surface area (Å²) in [5, 5.41) is 9.22. The van der Waals surface area contributed by atoms with Crippen LogP contribution in [0.1, 0.15) is 22.3 Å². The molecular formula is C27H28N4O5. The third-order valence-electron chi connectivity index (χ3n) is 5.18. The van der Waals surface area contributed by atoms with Crippen molar-refractivity contribution in [1.29, 1.82) is 0 Å². The lowest BCUT2D eigenvalue weighted by molar-refractivity contribution is -0.136. The van der Waals surface area contributed by atoms with Gasteiger partial charge in [-0.05, 0) is 54.3 Å². The van der Waals surface area contributed by atoms with E-state index in [1.165, 1.54) is 13.3 Å². The number of aryl methyl sites for hydroxylation is 2. The third-order valence-corrected chi connectivity index (χ3v) is 5.18. The van der Waals surface area contributed by atoms with Crippen molar-refractivity contribution in [3.8, 4) is 11.5 Å². The molecule has 3 N–H and O–H groups in total. The summed E-state index contributed by atoms with van der Waals surface area (Å²) >= 11 is 0. The van der Waals surface area contributed by atoms with E-state index in [4.69, 9.17) is 9.47 Å². The van der Waals surface area contributed by atoms with E-state index in [1.54, 1.807) is 18.2 Å². The number of hydrogen-bond donors (Lipinski definition) is 3. The zero-order valence-electron chi connectivity index (χ0n) is 20.3. The Morgan fingerprint density at radius 2 is 1.61 bits per heavy atom. The maximum atomic E-state index is 12.2. The number of rotatable bonds is 9. The maximum absolute atomic E-state index is 12.2. The zero-order chi connectivity index (χ0) is 25.9. The van der Waals surface area contributed by atoms with E-state index in [0.717, 1.165) is 16.7 Å². The molecule has 9 heteroatoms. The van der Waals surface area contributed by atoms with Crippen LogP contribution in [0, 0.1) is 13.8 Å². The highest BCUT2D eigenvalue weighted by Gasteiger charge is 2.15. The largest absolute Gasteiger partial charge is 0.493 e. The fourth-order valence-corrected chi connectivity index (χ4v) is 3.27. The molecule has 3 aromatic carbocycles. The Kier molecular flexibility index (Phi) is 9.16. The minimum atomic E-state index is -0.901. The van der Waals surface area contributed by atoms with E-state index in [-0.39, 0.29) is 12.5 Å². The number of ether oxygens (including phenoxy) is 2. The van der Waals surface area contributed by atoms with Gasteiger partial charge >= 0.3 is 11.8 Å². The first-order valence-electron chi connectivity index (χ1n) is 11.2. The van der Waals surface area contributed by atoms with E-state index < -0.39 is 11.8 Å². The van der Waals surface area contributed by atoms with E-state index in [1.807, 2.05) is 62.4 Å². The molecule has 0 saturated heterocycles. The quantitative estimate of drug-likeness (QED) is 0.243. The number of nitrogens with zero attached hydrogens (tertiary/aromatic N) is 1. The fourth-order valence-electron chi connectivity index (χ4n) is 3.27. The van der Waals surface area contributed by atoms with Crippen LogP contribution in [-0.2, 0) is 20.9 Å². The molecule has 36 heavy (non-hydrogen) atoms. The van der Waals surface area contributed by atoms with E-state index >= 15 is 0 Å². The van der Waals surface area contributed by atoms with E-state index in [2.05, 4.69) is 21.2 Å². The molecule has 0 bridgehead atoms. The van der Waals surface area contributed by atoms with Gasteiger partial charge in [-0.25, -0.2) is 5.43 Å². The summed E-state index contributed by atoms with van der Waals surface area (Å²) in [6.07, 6.45) is 1.36. The first-order valence-corrected chi connectivity index (χ1v) is 11.2. The smallest absolute Gasteiger partial charge is 0.329 e. The highest BCUT2D eigenvalue weighted by atomic mass is 16.5. The van der Waals surface area contributed by atoms with Crippen LogP contribution >= 0.6 is 0 Å². The fraction of sp³-hybridized carbons (Fsp3) is 0.185. The molecule has 0 aliphatic carbocycles. The van der Waals surface area contributed by atoms with Gasteiger partial charge in [-0.1, -0.05) is 48.5 Å². The van der Waals surface area contributed by atoms with Crippen molar-refractivity contribution < 1.29 is 23.9 Å². The Balaban J connectivity index is 1.51. The number of carbonyl (C=O) groups excluding carboxylic acids is 3. The molecule has 0 atom stereocenters. The Morgan fingerprint density at radius 3 is 2.31 bits per heavy atom. The number of benzene rings is 3. The molecule has 0 unspecified atom stereocenters. The van der Waals surface area contributed by atoms with Crippen LogP contribution in [0.2, 0.25) is 0 Å². The van der Waals surface area contributed by atoms with Crippen molar-refractivity contribution in [2.24, 2.45) is 5.10 Å². The molecule has 0 spiro atoms. The lowest BCUT2D eigenvalue weighted by Crippen LogP contribution is -2.32. The highest BCUT2D eigenvalue weighted by molar-refractivity contribution is 6.39. The Hall–Kier alpha value is -4.66. The molecule has 0 radical (unpaired) electrons. The molecule has 0 fully saturated rings. The maximum Gasteiger partial charge on any atom is 0.329 e. The van der Waals surface area contributed by atoms with Gasteiger partial charge in [0, 0.05) is 12.2 Å². The topological polar surface area (TPSA) is 118 Å². The van der Waals surface area contributed by atoms with Crippen LogP contribution in [0.3, 0.4) is 0 Å². The van der Waals surface area contributed by atoms with Gasteiger partial charge < -0.3 is 20.1 Å². The average molecular weight is 489 g/mol. The van der Waals surface area contributed by atoms with Crippen molar-refractivity contribution in [2.75, 3.05) is 19.0 Å². The van der Waals surface area contributed by atoms with Crippen molar-refractivity contribution >= 4 is 29.6 Å². The van der Waals surface area contributed by atoms with Gasteiger partial charge in [0.15, 0.2) is 18.1 Å². The zero-order valence-corrected chi connectivity index (χ0v) is 20.3. The molecular weight excluding hydrogens is 460 g/mol. The normalized spacial score (nSPS) is 10.5. The minimum absolute atomic E-state index is 0.178. The number of nitrogens with one attached hydrogen (secondary N) is 3. The minimum Gasteiger partial charge on any atom is -0.493 e. The van der Waals surface area contributed by atoms with Crippen molar-refractivity contribution in [3.63, 3.8) is 0 Å². The molecule has 0 aromatic heterocycles. The second-order valence-corrected chi connectivity index (χ2v) is 7.88. The Labute approximate surface area is 209 Å². The molecule has 0 aliphatic heterocycles. The molecule has 0 aliphatic rings. The van der Waals surface area contributed by atoms with Crippen LogP contribution in [0.15, 0.2) is 71.8 Å². The van der Waals surface area contributed by atoms with Gasteiger partial charge in [0.05, 0.1) is 13.3 Å². The summed E-state index contributed by atoms with van der Waals surface area (Å²) in [5.41, 5.74) is 6.07. The molecule has 3 rings (SSSR count). The summed E-state index contributed by atoms with van der Waals surface area (Å²) in [6, 6.07) is 20.0. The average Bonchev–Trinajstić information content (AvgIpc) is 2.89. The molecule has 3 amide bonds. The predicted molar refractivity (Wildman–Crippen MR) is 137 cm³/mol. The molecule has 9 nitrogen and oxygen atoms in total. The van der Waals surface area contributed by atoms with Gasteiger partial charge in [0.2, 0.25) is 0 Å². The standard InChI is InChI=1S/C27H28N4O5/c1-18-8-7-9-19(2)25(18)30-26(33)27(34)31-29-16-21-12-13-22(23(14-21)35-3)36-17-24(32)28-15-20-10-5-4-6-11-20/h4-14,16H,15,17H2,1-3H3,(H,28,32)(H,30,33)(H,31,34)/b29-16-. The van der Waals surface area contributed by atoms with Crippen LogP contribution < -0.4 is 25.5 Å². The van der Waals surface area contributed by atoms with Crippen molar-refractivity contribution in [2.45, 2.75) is 20.4 Å². The van der Waals surface area contributed by atoms with Gasteiger partial charge in [-0.15, -0.1) is 0 Å². The van der Waals surface area contributed by atoms with Crippen molar-refractivity contribution in [3.05, 3.63) is 89.0 Å². The van der Waals surface area contributed by atoms with Crippen LogP contribution in [0.4, 0.5) is 5.69 Å². The lowest BCUT2D eigenvalue weighted by atomic mass is 10.1. The molecule has 3 aromatic rings. The SMILES string of the molecule is COc1cc(/C=N\NC(=O)C(=O)Nc2c(C)cccc2C)ccc1OCC(=O)NCc1ccccc1. The number of hydrogen-bond acceptors (Lipinski definition) is 6. The summed E-state index contributed by atoms with van der Waals surface area (Å²) in [6.45, 7) is 3.92. The summed E-state index contributed by atoms with van der Waals surface area (Å²) < 4.78 is 10.9. The van der Waals surface area contributed by atoms with Gasteiger partial charge in [-0.3, -0.25) is 14.4 Å². The van der Waals surface area contributed by atoms with Crippen LogP contribution in [0.5, 0.6) is 11.5 Å². The highest BCUT2D eigenvalue weighted by Crippen LogP contribution is 2.27. The number of anilines is 1.